The van der Waals surface area contributed by atoms with Crippen molar-refractivity contribution in [3.63, 3.8) is 0 Å². The molecule has 136 valence electrons. The molecule has 0 aliphatic rings. The van der Waals surface area contributed by atoms with Crippen molar-refractivity contribution in [2.45, 2.75) is 0 Å². The third-order valence-electron chi connectivity index (χ3n) is 4.32. The van der Waals surface area contributed by atoms with Crippen LogP contribution in [0.5, 0.6) is 0 Å². The van der Waals surface area contributed by atoms with Gasteiger partial charge in [-0.2, -0.15) is 0 Å². The summed E-state index contributed by atoms with van der Waals surface area (Å²) in [5.41, 5.74) is 3.04. The van der Waals surface area contributed by atoms with E-state index in [4.69, 9.17) is 0 Å². The molecule has 2 N–H and O–H groups in total. The second-order valence-corrected chi connectivity index (χ2v) is 6.23. The van der Waals surface area contributed by atoms with Crippen LogP contribution in [0.1, 0.15) is 20.7 Å². The summed E-state index contributed by atoms with van der Waals surface area (Å²) in [6, 6.07) is 25.2. The third kappa shape index (κ3) is 3.73. The average Bonchev–Trinajstić information content (AvgIpc) is 2.75. The van der Waals surface area contributed by atoms with Crippen LogP contribution in [-0.4, -0.2) is 16.8 Å². The van der Waals surface area contributed by atoms with Crippen molar-refractivity contribution in [3.8, 4) is 0 Å². The van der Waals surface area contributed by atoms with Crippen LogP contribution < -0.4 is 10.6 Å². The highest BCUT2D eigenvalue weighted by Gasteiger charge is 2.11. The first-order valence-corrected chi connectivity index (χ1v) is 8.82. The quantitative estimate of drug-likeness (QED) is 0.547. The molecule has 1 aromatic heterocycles. The van der Waals surface area contributed by atoms with Crippen LogP contribution in [0.25, 0.3) is 10.9 Å². The molecule has 0 fully saturated rings. The Bertz CT molecular complexity index is 1130. The van der Waals surface area contributed by atoms with Crippen molar-refractivity contribution in [2.24, 2.45) is 0 Å². The Hall–Kier alpha value is -3.99. The van der Waals surface area contributed by atoms with Gasteiger partial charge in [0.25, 0.3) is 11.8 Å². The molecule has 5 nitrogen and oxygen atoms in total. The topological polar surface area (TPSA) is 71.1 Å². The fraction of sp³-hybridized carbons (Fsp3) is 0. The number of nitrogens with zero attached hydrogens (tertiary/aromatic N) is 1. The van der Waals surface area contributed by atoms with Crippen LogP contribution in [0.2, 0.25) is 0 Å². The van der Waals surface area contributed by atoms with E-state index in [0.717, 1.165) is 16.6 Å². The molecule has 4 rings (SSSR count). The van der Waals surface area contributed by atoms with E-state index < -0.39 is 0 Å². The first-order valence-electron chi connectivity index (χ1n) is 8.82. The van der Waals surface area contributed by atoms with E-state index in [-0.39, 0.29) is 11.8 Å². The molecule has 0 aliphatic heterocycles. The Morgan fingerprint density at radius 1 is 0.643 bits per heavy atom. The summed E-state index contributed by atoms with van der Waals surface area (Å²) in [7, 11) is 0. The number of carbonyl (C=O) groups is 2. The van der Waals surface area contributed by atoms with E-state index in [1.165, 1.54) is 0 Å². The average molecular weight is 367 g/mol. The van der Waals surface area contributed by atoms with Crippen LogP contribution >= 0.6 is 0 Å². The van der Waals surface area contributed by atoms with Gasteiger partial charge in [-0.15, -0.1) is 0 Å². The molecular formula is C23H17N3O2. The fourth-order valence-electron chi connectivity index (χ4n) is 2.90. The maximum atomic E-state index is 12.6. The van der Waals surface area contributed by atoms with Gasteiger partial charge in [0.2, 0.25) is 0 Å². The molecule has 28 heavy (non-hydrogen) atoms. The fourth-order valence-corrected chi connectivity index (χ4v) is 2.90. The zero-order valence-electron chi connectivity index (χ0n) is 14.9. The Morgan fingerprint density at radius 2 is 1.29 bits per heavy atom. The molecule has 4 aromatic rings. The van der Waals surface area contributed by atoms with Gasteiger partial charge in [-0.1, -0.05) is 36.4 Å². The lowest BCUT2D eigenvalue weighted by Gasteiger charge is -2.09. The number of rotatable bonds is 4. The molecule has 2 amide bonds. The van der Waals surface area contributed by atoms with E-state index in [1.54, 1.807) is 30.5 Å². The summed E-state index contributed by atoms with van der Waals surface area (Å²) in [5.74, 6) is -0.482. The third-order valence-corrected chi connectivity index (χ3v) is 4.32. The molecule has 0 aliphatic carbocycles. The number of amides is 2. The van der Waals surface area contributed by atoms with E-state index >= 15 is 0 Å². The highest BCUT2D eigenvalue weighted by molar-refractivity contribution is 6.09. The first-order chi connectivity index (χ1) is 13.7. The number of fused-ring (bicyclic) bond motifs is 1. The van der Waals surface area contributed by atoms with Crippen molar-refractivity contribution in [1.29, 1.82) is 0 Å². The number of aromatic nitrogens is 1. The number of anilines is 2. The second-order valence-electron chi connectivity index (χ2n) is 6.23. The van der Waals surface area contributed by atoms with Gasteiger partial charge in [0.15, 0.2) is 0 Å². The lowest BCUT2D eigenvalue weighted by molar-refractivity contribution is 0.101. The van der Waals surface area contributed by atoms with E-state index in [1.807, 2.05) is 60.7 Å². The van der Waals surface area contributed by atoms with Gasteiger partial charge < -0.3 is 10.6 Å². The van der Waals surface area contributed by atoms with E-state index in [2.05, 4.69) is 15.6 Å². The Labute approximate surface area is 162 Å². The van der Waals surface area contributed by atoms with Crippen LogP contribution in [0.4, 0.5) is 11.4 Å². The van der Waals surface area contributed by atoms with E-state index in [0.29, 0.717) is 16.8 Å². The lowest BCUT2D eigenvalue weighted by atomic mass is 10.1. The lowest BCUT2D eigenvalue weighted by Crippen LogP contribution is -2.14. The highest BCUT2D eigenvalue weighted by Crippen LogP contribution is 2.21. The van der Waals surface area contributed by atoms with Gasteiger partial charge in [0, 0.05) is 28.4 Å². The molecule has 3 aromatic carbocycles. The summed E-state index contributed by atoms with van der Waals surface area (Å²) in [4.78, 5) is 29.2. The number of nitrogens with one attached hydrogen (secondary N) is 2. The Morgan fingerprint density at radius 3 is 2.00 bits per heavy atom. The van der Waals surface area contributed by atoms with Crippen LogP contribution in [0, 0.1) is 0 Å². The second kappa shape index (κ2) is 7.72. The number of hydrogen-bond donors (Lipinski definition) is 2. The molecule has 0 saturated carbocycles. The Balaban J connectivity index is 1.49. The summed E-state index contributed by atoms with van der Waals surface area (Å²) in [6.07, 6.45) is 1.69. The summed E-state index contributed by atoms with van der Waals surface area (Å²) >= 11 is 0. The molecule has 0 unspecified atom stereocenters. The normalized spacial score (nSPS) is 10.4. The minimum Gasteiger partial charge on any atom is -0.322 e. The maximum absolute atomic E-state index is 12.6. The molecule has 0 radical (unpaired) electrons. The predicted molar refractivity (Wildman–Crippen MR) is 111 cm³/mol. The van der Waals surface area contributed by atoms with Gasteiger partial charge in [-0.05, 0) is 48.5 Å². The summed E-state index contributed by atoms with van der Waals surface area (Å²) in [5, 5.41) is 6.66. The number of pyridine rings is 1. The SMILES string of the molecule is O=C(Nc1ccccc1)c1ccc(C(=O)Nc2cccc3cccnc23)cc1. The van der Waals surface area contributed by atoms with Gasteiger partial charge >= 0.3 is 0 Å². The van der Waals surface area contributed by atoms with Crippen molar-refractivity contribution in [3.05, 3.63) is 102 Å². The van der Waals surface area contributed by atoms with Gasteiger partial charge in [-0.25, -0.2) is 0 Å². The smallest absolute Gasteiger partial charge is 0.255 e. The van der Waals surface area contributed by atoms with Crippen LogP contribution in [0.15, 0.2) is 91.1 Å². The predicted octanol–water partition coefficient (Wildman–Crippen LogP) is 4.74. The van der Waals surface area contributed by atoms with Crippen molar-refractivity contribution in [2.75, 3.05) is 10.6 Å². The van der Waals surface area contributed by atoms with Crippen molar-refractivity contribution < 1.29 is 9.59 Å². The minimum absolute atomic E-state index is 0.226. The molecule has 5 heteroatoms. The monoisotopic (exact) mass is 367 g/mol. The number of benzene rings is 3. The van der Waals surface area contributed by atoms with Crippen LogP contribution in [0.3, 0.4) is 0 Å². The van der Waals surface area contributed by atoms with Crippen molar-refractivity contribution in [1.82, 2.24) is 4.98 Å². The maximum Gasteiger partial charge on any atom is 0.255 e. The summed E-state index contributed by atoms with van der Waals surface area (Å²) in [6.45, 7) is 0. The zero-order chi connectivity index (χ0) is 19.3. The highest BCUT2D eigenvalue weighted by atomic mass is 16.2. The minimum atomic E-state index is -0.256. The standard InChI is InChI=1S/C23H17N3O2/c27-22(25-19-8-2-1-3-9-19)17-11-13-18(14-12-17)23(28)26-20-10-4-6-16-7-5-15-24-21(16)20/h1-15H,(H,25,27)(H,26,28). The number of para-hydroxylation sites is 2. The Kier molecular flexibility index (Phi) is 4.80. The molecular weight excluding hydrogens is 350 g/mol. The molecule has 1 heterocycles. The van der Waals surface area contributed by atoms with Gasteiger partial charge in [0.1, 0.15) is 0 Å². The summed E-state index contributed by atoms with van der Waals surface area (Å²) < 4.78 is 0. The number of carbonyl (C=O) groups excluding carboxylic acids is 2. The van der Waals surface area contributed by atoms with Gasteiger partial charge in [0.05, 0.1) is 11.2 Å². The molecule has 0 bridgehead atoms. The van der Waals surface area contributed by atoms with Crippen molar-refractivity contribution >= 4 is 34.1 Å². The first kappa shape index (κ1) is 17.4. The molecule has 0 atom stereocenters. The largest absolute Gasteiger partial charge is 0.322 e. The zero-order valence-corrected chi connectivity index (χ0v) is 14.9. The molecule has 0 spiro atoms. The van der Waals surface area contributed by atoms with Crippen LogP contribution in [-0.2, 0) is 0 Å². The number of hydrogen-bond acceptors (Lipinski definition) is 3. The van der Waals surface area contributed by atoms with Gasteiger partial charge in [-0.3, -0.25) is 14.6 Å². The van der Waals surface area contributed by atoms with E-state index in [9.17, 15) is 9.59 Å². The molecule has 0 saturated heterocycles.